The van der Waals surface area contributed by atoms with Crippen LogP contribution in [0.2, 0.25) is 0 Å². The van der Waals surface area contributed by atoms with Crippen molar-refractivity contribution in [3.8, 4) is 5.75 Å². The molecule has 0 fully saturated rings. The zero-order chi connectivity index (χ0) is 11.3. The summed E-state index contributed by atoms with van der Waals surface area (Å²) >= 11 is 0. The second kappa shape index (κ2) is 5.14. The standard InChI is InChI=1S/C10H14O4S/c11-10-6-4-9(5-7-10)3-1-2-8-15(12,13)14/h4-7,11H,1-3,8H2,(H,12,13,14). The lowest BCUT2D eigenvalue weighted by Gasteiger charge is -2.00. The fourth-order valence-electron chi connectivity index (χ4n) is 1.28. The van der Waals surface area contributed by atoms with Crippen LogP contribution in [0, 0.1) is 0 Å². The zero-order valence-electron chi connectivity index (χ0n) is 8.26. The van der Waals surface area contributed by atoms with Crippen LogP contribution in [-0.2, 0) is 16.5 Å². The fraction of sp³-hybridized carbons (Fsp3) is 0.400. The van der Waals surface area contributed by atoms with Crippen molar-refractivity contribution in [3.05, 3.63) is 29.8 Å². The number of unbranched alkanes of at least 4 members (excludes halogenated alkanes) is 1. The second-order valence-electron chi connectivity index (χ2n) is 3.41. The summed E-state index contributed by atoms with van der Waals surface area (Å²) in [5, 5.41) is 9.02. The first-order valence-corrected chi connectivity index (χ1v) is 6.31. The Morgan fingerprint density at radius 2 is 1.67 bits per heavy atom. The van der Waals surface area contributed by atoms with E-state index in [-0.39, 0.29) is 11.5 Å². The molecule has 0 aliphatic heterocycles. The van der Waals surface area contributed by atoms with Gasteiger partial charge in [-0.2, -0.15) is 8.42 Å². The van der Waals surface area contributed by atoms with E-state index < -0.39 is 10.1 Å². The number of aromatic hydroxyl groups is 1. The summed E-state index contributed by atoms with van der Waals surface area (Å²) in [6.45, 7) is 0. The minimum absolute atomic E-state index is 0.189. The number of phenolic OH excluding ortho intramolecular Hbond substituents is 1. The Bertz CT molecular complexity index is 394. The summed E-state index contributed by atoms with van der Waals surface area (Å²) in [7, 11) is -3.83. The van der Waals surface area contributed by atoms with Crippen LogP contribution < -0.4 is 0 Å². The zero-order valence-corrected chi connectivity index (χ0v) is 9.07. The summed E-state index contributed by atoms with van der Waals surface area (Å²) in [5.74, 6) is 0.0298. The van der Waals surface area contributed by atoms with E-state index in [1.54, 1.807) is 24.3 Å². The van der Waals surface area contributed by atoms with Crippen molar-refractivity contribution in [2.45, 2.75) is 19.3 Å². The minimum Gasteiger partial charge on any atom is -0.508 e. The molecule has 5 heteroatoms. The molecule has 0 saturated carbocycles. The second-order valence-corrected chi connectivity index (χ2v) is 4.98. The molecular weight excluding hydrogens is 216 g/mol. The third kappa shape index (κ3) is 5.39. The Hall–Kier alpha value is -1.07. The molecule has 2 N–H and O–H groups in total. The summed E-state index contributed by atoms with van der Waals surface area (Å²) in [4.78, 5) is 0. The predicted octanol–water partition coefficient (Wildman–Crippen LogP) is 1.60. The highest BCUT2D eigenvalue weighted by Gasteiger charge is 2.03. The minimum atomic E-state index is -3.83. The van der Waals surface area contributed by atoms with Gasteiger partial charge in [-0.05, 0) is 37.0 Å². The van der Waals surface area contributed by atoms with Crippen LogP contribution in [0.5, 0.6) is 5.75 Å². The van der Waals surface area contributed by atoms with E-state index in [0.29, 0.717) is 12.8 Å². The van der Waals surface area contributed by atoms with Gasteiger partial charge in [-0.25, -0.2) is 0 Å². The number of hydrogen-bond donors (Lipinski definition) is 2. The van der Waals surface area contributed by atoms with E-state index in [1.165, 1.54) is 0 Å². The van der Waals surface area contributed by atoms with E-state index >= 15 is 0 Å². The fourth-order valence-corrected chi connectivity index (χ4v) is 1.85. The Morgan fingerprint density at radius 1 is 1.07 bits per heavy atom. The summed E-state index contributed by atoms with van der Waals surface area (Å²) < 4.78 is 29.3. The van der Waals surface area contributed by atoms with Crippen LogP contribution >= 0.6 is 0 Å². The first kappa shape index (κ1) is 12.0. The van der Waals surface area contributed by atoms with Gasteiger partial charge in [0.15, 0.2) is 0 Å². The molecule has 1 aromatic rings. The van der Waals surface area contributed by atoms with Crippen LogP contribution in [0.3, 0.4) is 0 Å². The van der Waals surface area contributed by atoms with Crippen LogP contribution in [0.15, 0.2) is 24.3 Å². The van der Waals surface area contributed by atoms with Gasteiger partial charge in [0.05, 0.1) is 5.75 Å². The lowest BCUT2D eigenvalue weighted by Crippen LogP contribution is -2.03. The Kier molecular flexibility index (Phi) is 4.11. The van der Waals surface area contributed by atoms with Crippen LogP contribution in [0.25, 0.3) is 0 Å². The molecule has 0 aliphatic carbocycles. The van der Waals surface area contributed by atoms with Gasteiger partial charge in [-0.1, -0.05) is 12.1 Å². The van der Waals surface area contributed by atoms with E-state index in [4.69, 9.17) is 9.66 Å². The van der Waals surface area contributed by atoms with Gasteiger partial charge in [-0.3, -0.25) is 4.55 Å². The molecule has 0 aromatic heterocycles. The average molecular weight is 230 g/mol. The molecule has 15 heavy (non-hydrogen) atoms. The maximum Gasteiger partial charge on any atom is 0.264 e. The SMILES string of the molecule is O=S(=O)(O)CCCCc1ccc(O)cc1. The van der Waals surface area contributed by atoms with Crippen molar-refractivity contribution < 1.29 is 18.1 Å². The molecular formula is C10H14O4S. The van der Waals surface area contributed by atoms with E-state index in [0.717, 1.165) is 12.0 Å². The molecule has 0 amide bonds. The van der Waals surface area contributed by atoms with Crippen molar-refractivity contribution in [3.63, 3.8) is 0 Å². The molecule has 0 saturated heterocycles. The first-order valence-electron chi connectivity index (χ1n) is 4.70. The van der Waals surface area contributed by atoms with Crippen LogP contribution in [0.1, 0.15) is 18.4 Å². The van der Waals surface area contributed by atoms with Gasteiger partial charge in [0.1, 0.15) is 5.75 Å². The van der Waals surface area contributed by atoms with Crippen molar-refractivity contribution >= 4 is 10.1 Å². The smallest absolute Gasteiger partial charge is 0.264 e. The third-order valence-corrected chi connectivity index (χ3v) is 2.86. The Morgan fingerprint density at radius 3 is 2.20 bits per heavy atom. The number of rotatable bonds is 5. The number of benzene rings is 1. The summed E-state index contributed by atoms with van der Waals surface area (Å²) in [6, 6.07) is 6.78. The molecule has 0 aliphatic rings. The predicted molar refractivity (Wildman–Crippen MR) is 57.5 cm³/mol. The maximum absolute atomic E-state index is 10.4. The number of hydrogen-bond acceptors (Lipinski definition) is 3. The average Bonchev–Trinajstić information content (AvgIpc) is 2.14. The molecule has 84 valence electrons. The highest BCUT2D eigenvalue weighted by molar-refractivity contribution is 7.85. The molecule has 0 spiro atoms. The van der Waals surface area contributed by atoms with Gasteiger partial charge >= 0.3 is 0 Å². The summed E-state index contributed by atoms with van der Waals surface area (Å²) in [6.07, 6.45) is 1.89. The Balaban J connectivity index is 2.29. The molecule has 1 aromatic carbocycles. The van der Waals surface area contributed by atoms with Crippen LogP contribution in [0.4, 0.5) is 0 Å². The molecule has 1 rings (SSSR count). The van der Waals surface area contributed by atoms with E-state index in [1.807, 2.05) is 0 Å². The quantitative estimate of drug-likeness (QED) is 0.595. The largest absolute Gasteiger partial charge is 0.508 e. The molecule has 0 atom stereocenters. The van der Waals surface area contributed by atoms with Crippen molar-refractivity contribution in [1.82, 2.24) is 0 Å². The molecule has 0 bridgehead atoms. The van der Waals surface area contributed by atoms with Gasteiger partial charge in [0.25, 0.3) is 10.1 Å². The Labute approximate surface area is 89.3 Å². The van der Waals surface area contributed by atoms with Gasteiger partial charge in [-0.15, -0.1) is 0 Å². The van der Waals surface area contributed by atoms with Gasteiger partial charge in [0.2, 0.25) is 0 Å². The molecule has 4 nitrogen and oxygen atoms in total. The normalized spacial score (nSPS) is 11.5. The van der Waals surface area contributed by atoms with Crippen molar-refractivity contribution in [2.24, 2.45) is 0 Å². The topological polar surface area (TPSA) is 74.6 Å². The molecule has 0 heterocycles. The maximum atomic E-state index is 10.4. The molecule has 0 radical (unpaired) electrons. The van der Waals surface area contributed by atoms with E-state index in [9.17, 15) is 8.42 Å². The third-order valence-electron chi connectivity index (χ3n) is 2.05. The summed E-state index contributed by atoms with van der Waals surface area (Å²) in [5.41, 5.74) is 1.04. The van der Waals surface area contributed by atoms with Crippen molar-refractivity contribution in [2.75, 3.05) is 5.75 Å². The number of aryl methyl sites for hydroxylation is 1. The highest BCUT2D eigenvalue weighted by atomic mass is 32.2. The van der Waals surface area contributed by atoms with E-state index in [2.05, 4.69) is 0 Å². The van der Waals surface area contributed by atoms with Gasteiger partial charge < -0.3 is 5.11 Å². The van der Waals surface area contributed by atoms with Crippen LogP contribution in [-0.4, -0.2) is 23.8 Å². The highest BCUT2D eigenvalue weighted by Crippen LogP contribution is 2.11. The van der Waals surface area contributed by atoms with Gasteiger partial charge in [0, 0.05) is 0 Å². The number of phenols is 1. The molecule has 0 unspecified atom stereocenters. The monoisotopic (exact) mass is 230 g/mol. The first-order chi connectivity index (χ1) is 6.97. The lowest BCUT2D eigenvalue weighted by molar-refractivity contribution is 0.475. The lowest BCUT2D eigenvalue weighted by atomic mass is 10.1. The van der Waals surface area contributed by atoms with Crippen molar-refractivity contribution in [1.29, 1.82) is 0 Å².